The second-order valence-electron chi connectivity index (χ2n) is 10.7. The zero-order valence-electron chi connectivity index (χ0n) is 23.4. The van der Waals surface area contributed by atoms with Gasteiger partial charge in [-0.3, -0.25) is 4.79 Å². The van der Waals surface area contributed by atoms with Crippen LogP contribution in [0.15, 0.2) is 12.5 Å². The van der Waals surface area contributed by atoms with E-state index in [9.17, 15) is 4.79 Å². The van der Waals surface area contributed by atoms with E-state index in [0.29, 0.717) is 13.0 Å². The van der Waals surface area contributed by atoms with E-state index in [1.54, 1.807) is 6.33 Å². The minimum atomic E-state index is 0.188. The van der Waals surface area contributed by atoms with Gasteiger partial charge in [-0.25, -0.2) is 4.98 Å². The number of carbonyl (C=O) groups is 1. The SMILES string of the molecule is CCCCCCCCCCCCCCCCCCCCCCCCCC(=O)NCCc1cnc[nH]1. The highest BCUT2D eigenvalue weighted by atomic mass is 16.1. The molecule has 0 atom stereocenters. The first kappa shape index (κ1) is 31.7. The number of aromatic nitrogens is 2. The van der Waals surface area contributed by atoms with Crippen LogP contribution in [0.2, 0.25) is 0 Å². The molecule has 0 saturated carbocycles. The molecule has 0 saturated heterocycles. The Balaban J connectivity index is 1.66. The Morgan fingerprint density at radius 1 is 0.657 bits per heavy atom. The minimum Gasteiger partial charge on any atom is -0.356 e. The maximum absolute atomic E-state index is 11.9. The third kappa shape index (κ3) is 22.9. The molecule has 1 amide bonds. The monoisotopic (exact) mass is 489 g/mol. The number of aromatic amines is 1. The first-order valence-corrected chi connectivity index (χ1v) is 15.6. The van der Waals surface area contributed by atoms with Gasteiger partial charge in [-0.05, 0) is 6.42 Å². The van der Waals surface area contributed by atoms with Crippen LogP contribution >= 0.6 is 0 Å². The highest BCUT2D eigenvalue weighted by molar-refractivity contribution is 5.75. The normalized spacial score (nSPS) is 11.2. The standard InChI is InChI=1S/C31H59N3O/c1-2-3-4-5-6-7-8-9-10-11-12-13-14-15-16-17-18-19-20-21-22-23-24-25-31(35)33-27-26-30-28-32-29-34-30/h28-29H,2-27H2,1H3,(H,32,34)(H,33,35). The van der Waals surface area contributed by atoms with Crippen LogP contribution in [-0.2, 0) is 11.2 Å². The lowest BCUT2D eigenvalue weighted by Gasteiger charge is -2.05. The number of amides is 1. The molecule has 0 aromatic carbocycles. The molecule has 0 fully saturated rings. The van der Waals surface area contributed by atoms with Gasteiger partial charge in [-0.2, -0.15) is 0 Å². The van der Waals surface area contributed by atoms with Crippen molar-refractivity contribution in [2.45, 2.75) is 167 Å². The third-order valence-electron chi connectivity index (χ3n) is 7.28. The highest BCUT2D eigenvalue weighted by Crippen LogP contribution is 2.15. The molecule has 1 aromatic rings. The quantitative estimate of drug-likeness (QED) is 0.121. The summed E-state index contributed by atoms with van der Waals surface area (Å²) in [6.07, 6.45) is 37.2. The number of H-pyrrole nitrogens is 1. The second kappa shape index (κ2) is 25.8. The molecule has 0 aliphatic carbocycles. The van der Waals surface area contributed by atoms with Crippen LogP contribution < -0.4 is 5.32 Å². The first-order valence-electron chi connectivity index (χ1n) is 15.6. The van der Waals surface area contributed by atoms with E-state index in [-0.39, 0.29) is 5.91 Å². The number of carbonyl (C=O) groups excluding carboxylic acids is 1. The molecule has 1 heterocycles. The van der Waals surface area contributed by atoms with Gasteiger partial charge in [0, 0.05) is 31.3 Å². The number of imidazole rings is 1. The zero-order valence-corrected chi connectivity index (χ0v) is 23.4. The first-order chi connectivity index (χ1) is 17.3. The number of nitrogens with one attached hydrogen (secondary N) is 2. The Labute approximate surface area is 218 Å². The average molecular weight is 490 g/mol. The summed E-state index contributed by atoms with van der Waals surface area (Å²) in [7, 11) is 0. The Morgan fingerprint density at radius 2 is 1.06 bits per heavy atom. The molecule has 0 aliphatic heterocycles. The molecule has 4 heteroatoms. The Hall–Kier alpha value is -1.32. The van der Waals surface area contributed by atoms with E-state index in [1.807, 2.05) is 6.20 Å². The van der Waals surface area contributed by atoms with E-state index in [1.165, 1.54) is 141 Å². The molecule has 2 N–H and O–H groups in total. The largest absolute Gasteiger partial charge is 0.356 e. The van der Waals surface area contributed by atoms with Crippen molar-refractivity contribution in [2.75, 3.05) is 6.54 Å². The van der Waals surface area contributed by atoms with E-state index in [2.05, 4.69) is 22.2 Å². The summed E-state index contributed by atoms with van der Waals surface area (Å²) in [5.74, 6) is 0.188. The fourth-order valence-corrected chi connectivity index (χ4v) is 4.92. The molecule has 204 valence electrons. The van der Waals surface area contributed by atoms with Gasteiger partial charge in [0.2, 0.25) is 5.91 Å². The zero-order chi connectivity index (χ0) is 25.1. The highest BCUT2D eigenvalue weighted by Gasteiger charge is 2.01. The molecule has 4 nitrogen and oxygen atoms in total. The summed E-state index contributed by atoms with van der Waals surface area (Å²) in [5.41, 5.74) is 1.07. The summed E-state index contributed by atoms with van der Waals surface area (Å²) < 4.78 is 0. The van der Waals surface area contributed by atoms with Gasteiger partial charge in [0.1, 0.15) is 0 Å². The van der Waals surface area contributed by atoms with Crippen molar-refractivity contribution in [2.24, 2.45) is 0 Å². The van der Waals surface area contributed by atoms with Crippen molar-refractivity contribution in [1.29, 1.82) is 0 Å². The predicted molar refractivity (Wildman–Crippen MR) is 152 cm³/mol. The number of hydrogen-bond donors (Lipinski definition) is 2. The summed E-state index contributed by atoms with van der Waals surface area (Å²) in [6.45, 7) is 2.99. The predicted octanol–water partition coefficient (Wildman–Crippen LogP) is 9.45. The van der Waals surface area contributed by atoms with Crippen molar-refractivity contribution in [3.05, 3.63) is 18.2 Å². The van der Waals surface area contributed by atoms with Crippen molar-refractivity contribution < 1.29 is 4.79 Å². The van der Waals surface area contributed by atoms with Crippen LogP contribution in [0, 0.1) is 0 Å². The Bertz CT molecular complexity index is 543. The number of nitrogens with zero attached hydrogens (tertiary/aromatic N) is 1. The van der Waals surface area contributed by atoms with Crippen LogP contribution in [-0.4, -0.2) is 22.4 Å². The van der Waals surface area contributed by atoms with Crippen molar-refractivity contribution in [3.63, 3.8) is 0 Å². The van der Waals surface area contributed by atoms with Gasteiger partial charge in [0.05, 0.1) is 6.33 Å². The van der Waals surface area contributed by atoms with E-state index < -0.39 is 0 Å². The molecule has 0 radical (unpaired) electrons. The molecule has 0 spiro atoms. The van der Waals surface area contributed by atoms with Crippen molar-refractivity contribution in [1.82, 2.24) is 15.3 Å². The van der Waals surface area contributed by atoms with E-state index in [0.717, 1.165) is 18.5 Å². The average Bonchev–Trinajstić information content (AvgIpc) is 3.38. The van der Waals surface area contributed by atoms with Gasteiger partial charge in [0.25, 0.3) is 0 Å². The Kier molecular flexibility index (Phi) is 23.3. The van der Waals surface area contributed by atoms with Crippen molar-refractivity contribution in [3.8, 4) is 0 Å². The van der Waals surface area contributed by atoms with Crippen LogP contribution in [0.5, 0.6) is 0 Å². The van der Waals surface area contributed by atoms with Gasteiger partial charge < -0.3 is 10.3 Å². The lowest BCUT2D eigenvalue weighted by molar-refractivity contribution is -0.121. The molecular weight excluding hydrogens is 430 g/mol. The third-order valence-corrected chi connectivity index (χ3v) is 7.28. The van der Waals surface area contributed by atoms with Gasteiger partial charge in [-0.1, -0.05) is 148 Å². The minimum absolute atomic E-state index is 0.188. The molecule has 0 aliphatic rings. The molecule has 0 unspecified atom stereocenters. The molecule has 1 rings (SSSR count). The number of unbranched alkanes of at least 4 members (excludes halogenated alkanes) is 22. The van der Waals surface area contributed by atoms with Crippen LogP contribution in [0.4, 0.5) is 0 Å². The van der Waals surface area contributed by atoms with E-state index >= 15 is 0 Å². The molecular formula is C31H59N3O. The van der Waals surface area contributed by atoms with Gasteiger partial charge >= 0.3 is 0 Å². The van der Waals surface area contributed by atoms with E-state index in [4.69, 9.17) is 0 Å². The topological polar surface area (TPSA) is 57.8 Å². The maximum atomic E-state index is 11.9. The molecule has 1 aromatic heterocycles. The molecule has 0 bridgehead atoms. The maximum Gasteiger partial charge on any atom is 0.220 e. The smallest absolute Gasteiger partial charge is 0.220 e. The number of rotatable bonds is 27. The lowest BCUT2D eigenvalue weighted by atomic mass is 10.0. The fourth-order valence-electron chi connectivity index (χ4n) is 4.92. The summed E-state index contributed by atoms with van der Waals surface area (Å²) in [6, 6.07) is 0. The Morgan fingerprint density at radius 3 is 1.43 bits per heavy atom. The lowest BCUT2D eigenvalue weighted by Crippen LogP contribution is -2.25. The number of hydrogen-bond acceptors (Lipinski definition) is 2. The van der Waals surface area contributed by atoms with Gasteiger partial charge in [0.15, 0.2) is 0 Å². The van der Waals surface area contributed by atoms with Gasteiger partial charge in [-0.15, -0.1) is 0 Å². The summed E-state index contributed by atoms with van der Waals surface area (Å²) in [4.78, 5) is 18.9. The summed E-state index contributed by atoms with van der Waals surface area (Å²) in [5, 5.41) is 3.00. The van der Waals surface area contributed by atoms with Crippen molar-refractivity contribution >= 4 is 5.91 Å². The van der Waals surface area contributed by atoms with Crippen LogP contribution in [0.1, 0.15) is 167 Å². The summed E-state index contributed by atoms with van der Waals surface area (Å²) >= 11 is 0. The van der Waals surface area contributed by atoms with Crippen LogP contribution in [0.3, 0.4) is 0 Å². The molecule has 35 heavy (non-hydrogen) atoms. The van der Waals surface area contributed by atoms with Crippen LogP contribution in [0.25, 0.3) is 0 Å². The fraction of sp³-hybridized carbons (Fsp3) is 0.871. The second-order valence-corrected chi connectivity index (χ2v) is 10.7.